The van der Waals surface area contributed by atoms with Gasteiger partial charge in [0, 0.05) is 6.54 Å². The second-order valence-corrected chi connectivity index (χ2v) is 6.81. The highest BCUT2D eigenvalue weighted by atomic mass is 32.1. The number of thiazole rings is 1. The number of nitrogen functional groups attached to an aromatic ring is 1. The molecule has 2 N–H and O–H groups in total. The van der Waals surface area contributed by atoms with Crippen LogP contribution in [-0.4, -0.2) is 21.5 Å². The number of nitrogens with two attached hydrogens (primary N) is 1. The summed E-state index contributed by atoms with van der Waals surface area (Å²) in [5.74, 6) is -0.228. The molecule has 0 spiro atoms. The number of nitrogens with zero attached hydrogens (tertiary/aromatic N) is 2. The number of hydrogen-bond acceptors (Lipinski definition) is 7. The van der Waals surface area contributed by atoms with Gasteiger partial charge in [-0.2, -0.15) is 4.37 Å². The third-order valence-electron chi connectivity index (χ3n) is 3.14. The van der Waals surface area contributed by atoms with Crippen molar-refractivity contribution in [2.24, 2.45) is 5.92 Å². The monoisotopic (exact) mass is 331 g/mol. The average molecular weight is 331 g/mol. The van der Waals surface area contributed by atoms with Gasteiger partial charge in [-0.1, -0.05) is 18.3 Å². The Kier molecular flexibility index (Phi) is 5.11. The fourth-order valence-corrected chi connectivity index (χ4v) is 4.09. The van der Waals surface area contributed by atoms with Gasteiger partial charge in [0.1, 0.15) is 9.70 Å². The summed E-state index contributed by atoms with van der Waals surface area (Å²) in [4.78, 5) is 11.8. The van der Waals surface area contributed by atoms with Crippen molar-refractivity contribution < 1.29 is 9.53 Å². The topological polar surface area (TPSA) is 70.1 Å². The summed E-state index contributed by atoms with van der Waals surface area (Å²) in [5, 5.41) is 0.701. The molecule has 0 aliphatic rings. The molecule has 2 heterocycles. The molecule has 1 unspecified atom stereocenters. The zero-order valence-electron chi connectivity index (χ0n) is 11.4. The van der Waals surface area contributed by atoms with Gasteiger partial charge in [-0.25, -0.2) is 0 Å². The van der Waals surface area contributed by atoms with E-state index in [9.17, 15) is 4.79 Å². The number of esters is 1. The molecule has 0 aliphatic carbocycles. The first-order valence-corrected chi connectivity index (χ1v) is 8.49. The van der Waals surface area contributed by atoms with Gasteiger partial charge in [0.2, 0.25) is 0 Å². The number of anilines is 1. The van der Waals surface area contributed by atoms with Crippen LogP contribution in [0.15, 0.2) is 0 Å². The van der Waals surface area contributed by atoms with Crippen LogP contribution in [0, 0.1) is 9.87 Å². The van der Waals surface area contributed by atoms with Gasteiger partial charge in [0.15, 0.2) is 9.60 Å². The number of rotatable bonds is 6. The van der Waals surface area contributed by atoms with Crippen LogP contribution in [0.25, 0.3) is 10.3 Å². The van der Waals surface area contributed by atoms with Gasteiger partial charge in [-0.3, -0.25) is 4.79 Å². The van der Waals surface area contributed by atoms with Crippen LogP contribution in [0.5, 0.6) is 0 Å². The maximum atomic E-state index is 11.8. The Morgan fingerprint density at radius 1 is 1.55 bits per heavy atom. The minimum Gasteiger partial charge on any atom is -0.466 e. The van der Waals surface area contributed by atoms with Gasteiger partial charge in [-0.15, -0.1) is 0 Å². The number of fused-ring (bicyclic) bond motifs is 1. The van der Waals surface area contributed by atoms with Crippen molar-refractivity contribution >= 4 is 56.4 Å². The summed E-state index contributed by atoms with van der Waals surface area (Å²) in [6, 6.07) is 0. The summed E-state index contributed by atoms with van der Waals surface area (Å²) in [6.07, 6.45) is 1.46. The predicted molar refractivity (Wildman–Crippen MR) is 85.8 cm³/mol. The van der Waals surface area contributed by atoms with E-state index in [4.69, 9.17) is 22.7 Å². The van der Waals surface area contributed by atoms with Crippen LogP contribution in [0.1, 0.15) is 26.7 Å². The summed E-state index contributed by atoms with van der Waals surface area (Å²) in [7, 11) is 0. The molecule has 1 atom stereocenters. The van der Waals surface area contributed by atoms with Gasteiger partial charge in [-0.05, 0) is 43.5 Å². The lowest BCUT2D eigenvalue weighted by Gasteiger charge is -2.13. The minimum atomic E-state index is -0.134. The maximum absolute atomic E-state index is 11.8. The van der Waals surface area contributed by atoms with Crippen molar-refractivity contribution in [2.75, 3.05) is 12.3 Å². The molecule has 0 aromatic carbocycles. The maximum Gasteiger partial charge on any atom is 0.308 e. The lowest BCUT2D eigenvalue weighted by molar-refractivity contribution is -0.148. The van der Waals surface area contributed by atoms with Crippen molar-refractivity contribution in [3.63, 3.8) is 0 Å². The highest BCUT2D eigenvalue weighted by Crippen LogP contribution is 2.31. The lowest BCUT2D eigenvalue weighted by atomic mass is 10.0. The Morgan fingerprint density at radius 3 is 2.95 bits per heavy atom. The molecule has 0 fully saturated rings. The van der Waals surface area contributed by atoms with E-state index in [1.54, 1.807) is 0 Å². The molecule has 5 nitrogen and oxygen atoms in total. The molecule has 0 radical (unpaired) electrons. The molecule has 0 amide bonds. The van der Waals surface area contributed by atoms with E-state index in [2.05, 4.69) is 4.37 Å². The first-order chi connectivity index (χ1) is 9.58. The third kappa shape index (κ3) is 3.02. The van der Waals surface area contributed by atoms with Gasteiger partial charge >= 0.3 is 5.97 Å². The highest BCUT2D eigenvalue weighted by Gasteiger charge is 2.19. The number of hydrogen-bond donors (Lipinski definition) is 1. The van der Waals surface area contributed by atoms with E-state index in [1.165, 1.54) is 22.9 Å². The molecular formula is C12H17N3O2S3. The number of carbonyl (C=O) groups is 1. The van der Waals surface area contributed by atoms with Crippen LogP contribution >= 0.6 is 35.1 Å². The Hall–Kier alpha value is -0.990. The lowest BCUT2D eigenvalue weighted by Crippen LogP contribution is -2.19. The normalized spacial score (nSPS) is 12.7. The van der Waals surface area contributed by atoms with Crippen LogP contribution < -0.4 is 5.73 Å². The molecule has 0 bridgehead atoms. The molecule has 2 aromatic rings. The van der Waals surface area contributed by atoms with Crippen molar-refractivity contribution in [1.29, 1.82) is 0 Å². The second-order valence-electron chi connectivity index (χ2n) is 4.37. The van der Waals surface area contributed by atoms with Gasteiger partial charge in [0.05, 0.1) is 12.5 Å². The fraction of sp³-hybridized carbons (Fsp3) is 0.583. The van der Waals surface area contributed by atoms with Gasteiger partial charge < -0.3 is 15.0 Å². The number of ether oxygens (including phenoxy) is 1. The van der Waals surface area contributed by atoms with E-state index in [-0.39, 0.29) is 11.9 Å². The highest BCUT2D eigenvalue weighted by molar-refractivity contribution is 7.73. The third-order valence-corrected chi connectivity index (χ3v) is 5.40. The molecule has 0 saturated carbocycles. The molecule has 2 rings (SSSR count). The molecule has 8 heteroatoms. The zero-order chi connectivity index (χ0) is 14.7. The summed E-state index contributed by atoms with van der Waals surface area (Å²) < 4.78 is 13.1. The van der Waals surface area contributed by atoms with Crippen LogP contribution in [-0.2, 0) is 16.1 Å². The van der Waals surface area contributed by atoms with E-state index < -0.39 is 0 Å². The SMILES string of the molecule is CCOC(=O)C(CC)CCn1c(=S)sc2c(N)snc21. The Balaban J connectivity index is 2.14. The summed E-state index contributed by atoms with van der Waals surface area (Å²) >= 11 is 8.10. The number of carbonyl (C=O) groups excluding carboxylic acids is 1. The second kappa shape index (κ2) is 6.64. The van der Waals surface area contributed by atoms with Gasteiger partial charge in [0.25, 0.3) is 0 Å². The number of aromatic nitrogens is 2. The van der Waals surface area contributed by atoms with Crippen molar-refractivity contribution in [1.82, 2.24) is 8.94 Å². The van der Waals surface area contributed by atoms with Crippen LogP contribution in [0.2, 0.25) is 0 Å². The van der Waals surface area contributed by atoms with Crippen LogP contribution in [0.3, 0.4) is 0 Å². The Labute approximate surface area is 130 Å². The molecule has 0 saturated heterocycles. The first-order valence-electron chi connectivity index (χ1n) is 6.49. The Morgan fingerprint density at radius 2 is 2.30 bits per heavy atom. The van der Waals surface area contributed by atoms with Crippen molar-refractivity contribution in [3.8, 4) is 0 Å². The first kappa shape index (κ1) is 15.4. The largest absolute Gasteiger partial charge is 0.466 e. The Bertz CT molecular complexity index is 658. The standard InChI is InChI=1S/C12H17N3O2S3/c1-3-7(11(16)17-4-2)5-6-15-10-8(19-12(15)18)9(13)20-14-10/h7H,3-6,13H2,1-2H3. The fourth-order valence-electron chi connectivity index (χ4n) is 2.01. The summed E-state index contributed by atoms with van der Waals surface area (Å²) in [6.45, 7) is 4.89. The van der Waals surface area contributed by atoms with Crippen molar-refractivity contribution in [3.05, 3.63) is 3.95 Å². The molecule has 0 aliphatic heterocycles. The number of aryl methyl sites for hydroxylation is 1. The van der Waals surface area contributed by atoms with E-state index in [1.807, 2.05) is 18.4 Å². The van der Waals surface area contributed by atoms with E-state index >= 15 is 0 Å². The van der Waals surface area contributed by atoms with E-state index in [0.717, 1.165) is 20.7 Å². The van der Waals surface area contributed by atoms with Crippen LogP contribution in [0.4, 0.5) is 5.00 Å². The van der Waals surface area contributed by atoms with E-state index in [0.29, 0.717) is 24.6 Å². The minimum absolute atomic E-state index is 0.0946. The summed E-state index contributed by atoms with van der Waals surface area (Å²) in [5.41, 5.74) is 6.70. The average Bonchev–Trinajstić information content (AvgIpc) is 2.92. The zero-order valence-corrected chi connectivity index (χ0v) is 13.9. The van der Waals surface area contributed by atoms with Crippen molar-refractivity contribution in [2.45, 2.75) is 33.2 Å². The quantitative estimate of drug-likeness (QED) is 0.648. The smallest absolute Gasteiger partial charge is 0.308 e. The molecule has 2 aromatic heterocycles. The molecular weight excluding hydrogens is 314 g/mol. The molecule has 110 valence electrons. The molecule has 20 heavy (non-hydrogen) atoms. The predicted octanol–water partition coefficient (Wildman–Crippen LogP) is 3.45.